The number of nitrogens with one attached hydrogen (secondary N) is 1. The van der Waals surface area contributed by atoms with Crippen molar-refractivity contribution in [2.45, 2.75) is 63.1 Å². The van der Waals surface area contributed by atoms with Crippen molar-refractivity contribution in [3.8, 4) is 0 Å². The van der Waals surface area contributed by atoms with Crippen LogP contribution in [0.1, 0.15) is 66.4 Å². The zero-order valence-corrected chi connectivity index (χ0v) is 16.1. The Kier molecular flexibility index (Phi) is 5.31. The fraction of sp³-hybridized carbons (Fsp3) is 0.556. The van der Waals surface area contributed by atoms with Gasteiger partial charge in [0.15, 0.2) is 5.69 Å². The minimum Gasteiger partial charge on any atom is -0.351 e. The quantitative estimate of drug-likeness (QED) is 0.820. The molecule has 2 aromatic heterocycles. The highest BCUT2D eigenvalue weighted by molar-refractivity contribution is 7.10. The molecule has 8 heteroatoms. The van der Waals surface area contributed by atoms with Crippen LogP contribution in [0.2, 0.25) is 0 Å². The molecule has 0 spiro atoms. The summed E-state index contributed by atoms with van der Waals surface area (Å²) in [6, 6.07) is 3.61. The highest BCUT2D eigenvalue weighted by atomic mass is 32.1. The Labute approximate surface area is 160 Å². The highest BCUT2D eigenvalue weighted by Gasteiger charge is 2.43. The third-order valence-electron chi connectivity index (χ3n) is 5.04. The molecule has 6 nitrogen and oxygen atoms in total. The van der Waals surface area contributed by atoms with Crippen LogP contribution in [0.25, 0.3) is 0 Å². The Morgan fingerprint density at radius 3 is 2.62 bits per heavy atom. The van der Waals surface area contributed by atoms with Crippen molar-refractivity contribution >= 4 is 34.7 Å². The summed E-state index contributed by atoms with van der Waals surface area (Å²) in [7, 11) is 0. The lowest BCUT2D eigenvalue weighted by molar-refractivity contribution is -0.127. The predicted octanol–water partition coefficient (Wildman–Crippen LogP) is 3.39. The topological polar surface area (TPSA) is 75.2 Å². The van der Waals surface area contributed by atoms with Gasteiger partial charge in [-0.05, 0) is 48.7 Å². The van der Waals surface area contributed by atoms with E-state index in [9.17, 15) is 9.59 Å². The fourth-order valence-electron chi connectivity index (χ4n) is 3.60. The van der Waals surface area contributed by atoms with E-state index in [1.54, 1.807) is 10.3 Å². The smallest absolute Gasteiger partial charge is 0.276 e. The summed E-state index contributed by atoms with van der Waals surface area (Å²) in [5.41, 5.74) is 0.328. The third-order valence-corrected chi connectivity index (χ3v) is 6.47. The number of carbonyl (C=O) groups is 2. The second-order valence-electron chi connectivity index (χ2n) is 7.00. The van der Waals surface area contributed by atoms with Crippen molar-refractivity contribution in [3.05, 3.63) is 33.5 Å². The minimum atomic E-state index is -0.585. The molecule has 1 unspecified atom stereocenters. The van der Waals surface area contributed by atoms with Gasteiger partial charge in [0.1, 0.15) is 6.04 Å². The maximum Gasteiger partial charge on any atom is 0.276 e. The average molecular weight is 391 g/mol. The zero-order valence-electron chi connectivity index (χ0n) is 14.5. The number of hydrogen-bond acceptors (Lipinski definition) is 6. The highest BCUT2D eigenvalue weighted by Crippen LogP contribution is 2.37. The van der Waals surface area contributed by atoms with E-state index in [4.69, 9.17) is 0 Å². The Morgan fingerprint density at radius 1 is 1.19 bits per heavy atom. The van der Waals surface area contributed by atoms with E-state index < -0.39 is 6.04 Å². The number of rotatable bonds is 6. The van der Waals surface area contributed by atoms with E-state index >= 15 is 0 Å². The van der Waals surface area contributed by atoms with Crippen LogP contribution < -0.4 is 5.32 Å². The Bertz CT molecular complexity index is 737. The van der Waals surface area contributed by atoms with E-state index in [0.717, 1.165) is 54.9 Å². The van der Waals surface area contributed by atoms with E-state index in [2.05, 4.69) is 14.9 Å². The molecule has 2 fully saturated rings. The maximum absolute atomic E-state index is 13.2. The Balaban J connectivity index is 1.61. The molecule has 1 N–H and O–H groups in total. The molecule has 2 aromatic rings. The third kappa shape index (κ3) is 3.81. The molecule has 0 saturated heterocycles. The maximum atomic E-state index is 13.2. The van der Waals surface area contributed by atoms with Gasteiger partial charge in [-0.25, -0.2) is 0 Å². The van der Waals surface area contributed by atoms with Gasteiger partial charge in [-0.1, -0.05) is 29.8 Å². The van der Waals surface area contributed by atoms with Crippen LogP contribution in [0.4, 0.5) is 0 Å². The summed E-state index contributed by atoms with van der Waals surface area (Å²) in [5, 5.41) is 10.8. The first-order valence-corrected chi connectivity index (χ1v) is 10.9. The predicted molar refractivity (Wildman–Crippen MR) is 101 cm³/mol. The number of hydrogen-bond donors (Lipinski definition) is 1. The molecular formula is C18H22N4O2S2. The van der Waals surface area contributed by atoms with Crippen LogP contribution in [0.15, 0.2) is 22.9 Å². The minimum absolute atomic E-state index is 0.0669. The molecule has 0 aromatic carbocycles. The van der Waals surface area contributed by atoms with Crippen LogP contribution in [0.5, 0.6) is 0 Å². The Hall–Kier alpha value is -1.80. The molecule has 0 aliphatic heterocycles. The molecule has 1 atom stereocenters. The van der Waals surface area contributed by atoms with Gasteiger partial charge >= 0.3 is 0 Å². The molecule has 2 heterocycles. The van der Waals surface area contributed by atoms with Gasteiger partial charge in [0.05, 0.1) is 0 Å². The van der Waals surface area contributed by atoms with E-state index in [1.165, 1.54) is 17.8 Å². The van der Waals surface area contributed by atoms with Gasteiger partial charge in [-0.2, -0.15) is 0 Å². The lowest BCUT2D eigenvalue weighted by atomic mass is 9.95. The first kappa shape index (κ1) is 17.6. The standard InChI is InChI=1S/C18H22N4O2S2/c23-17(19-12-5-2-1-3-6-12)16(15-7-4-10-25-15)22(13-8-9-13)18(24)14-11-26-21-20-14/h4,7,10-13,16H,1-3,5-6,8-9H2,(H,19,23). The van der Waals surface area contributed by atoms with Gasteiger partial charge in [0, 0.05) is 22.3 Å². The van der Waals surface area contributed by atoms with Crippen LogP contribution in [-0.4, -0.2) is 38.4 Å². The largest absolute Gasteiger partial charge is 0.351 e. The second-order valence-corrected chi connectivity index (χ2v) is 8.58. The first-order valence-electron chi connectivity index (χ1n) is 9.17. The van der Waals surface area contributed by atoms with Gasteiger partial charge in [0.25, 0.3) is 5.91 Å². The zero-order chi connectivity index (χ0) is 17.9. The SMILES string of the molecule is O=C(NC1CCCCC1)C(c1cccs1)N(C(=O)c1csnn1)C1CC1. The number of amides is 2. The molecule has 2 aliphatic rings. The molecule has 2 aliphatic carbocycles. The van der Waals surface area contributed by atoms with Crippen molar-refractivity contribution in [3.63, 3.8) is 0 Å². The van der Waals surface area contributed by atoms with Crippen LogP contribution in [-0.2, 0) is 4.79 Å². The average Bonchev–Trinajstić information content (AvgIpc) is 3.13. The van der Waals surface area contributed by atoms with Crippen molar-refractivity contribution in [2.24, 2.45) is 0 Å². The lowest BCUT2D eigenvalue weighted by Gasteiger charge is -2.32. The molecule has 2 saturated carbocycles. The molecule has 0 radical (unpaired) electrons. The lowest BCUT2D eigenvalue weighted by Crippen LogP contribution is -2.47. The number of thiophene rings is 1. The van der Waals surface area contributed by atoms with Crippen LogP contribution in [0.3, 0.4) is 0 Å². The molecule has 138 valence electrons. The number of nitrogens with zero attached hydrogens (tertiary/aromatic N) is 3. The summed E-state index contributed by atoms with van der Waals surface area (Å²) in [6.07, 6.45) is 7.47. The molecule has 2 amide bonds. The normalized spacial score (nSPS) is 19.1. The van der Waals surface area contributed by atoms with Crippen molar-refractivity contribution in [1.82, 2.24) is 19.8 Å². The molecule has 4 rings (SSSR count). The van der Waals surface area contributed by atoms with E-state index in [1.807, 2.05) is 17.5 Å². The van der Waals surface area contributed by atoms with Gasteiger partial charge in [-0.15, -0.1) is 16.4 Å². The summed E-state index contributed by atoms with van der Waals surface area (Å²) >= 11 is 2.68. The Morgan fingerprint density at radius 2 is 2.00 bits per heavy atom. The molecule has 0 bridgehead atoms. The summed E-state index contributed by atoms with van der Waals surface area (Å²) in [5.74, 6) is -0.263. The van der Waals surface area contributed by atoms with Crippen molar-refractivity contribution in [1.29, 1.82) is 0 Å². The van der Waals surface area contributed by atoms with Gasteiger partial charge in [0.2, 0.25) is 5.91 Å². The van der Waals surface area contributed by atoms with E-state index in [0.29, 0.717) is 5.69 Å². The number of aromatic nitrogens is 2. The van der Waals surface area contributed by atoms with Crippen LogP contribution >= 0.6 is 22.9 Å². The summed E-state index contributed by atoms with van der Waals surface area (Å²) in [4.78, 5) is 28.9. The molecular weight excluding hydrogens is 368 g/mol. The van der Waals surface area contributed by atoms with Crippen molar-refractivity contribution < 1.29 is 9.59 Å². The van der Waals surface area contributed by atoms with Crippen LogP contribution in [0, 0.1) is 0 Å². The van der Waals surface area contributed by atoms with Gasteiger partial charge in [-0.3, -0.25) is 9.59 Å². The first-order chi connectivity index (χ1) is 12.7. The van der Waals surface area contributed by atoms with E-state index in [-0.39, 0.29) is 23.9 Å². The molecule has 26 heavy (non-hydrogen) atoms. The van der Waals surface area contributed by atoms with Gasteiger partial charge < -0.3 is 10.2 Å². The number of carbonyl (C=O) groups excluding carboxylic acids is 2. The monoisotopic (exact) mass is 390 g/mol. The summed E-state index contributed by atoms with van der Waals surface area (Å²) in [6.45, 7) is 0. The fourth-order valence-corrected chi connectivity index (χ4v) is 4.85. The second kappa shape index (κ2) is 7.84. The summed E-state index contributed by atoms with van der Waals surface area (Å²) < 4.78 is 3.81. The van der Waals surface area contributed by atoms with Crippen molar-refractivity contribution in [2.75, 3.05) is 0 Å².